The number of carbonyl (C=O) groups is 3. The molecule has 0 aliphatic rings. The van der Waals surface area contributed by atoms with Crippen LogP contribution in [0, 0.1) is 0 Å². The largest absolute Gasteiger partial charge is 0.462 e. The minimum atomic E-state index is -0.798. The molecule has 6 nitrogen and oxygen atoms in total. The first kappa shape index (κ1) is 75.3. The molecular formula is C74H120O6. The zero-order chi connectivity index (χ0) is 57.8. The number of unbranched alkanes of at least 4 members (excludes halogenated alkanes) is 23. The Hall–Kier alpha value is -4.71. The molecule has 1 unspecified atom stereocenters. The minimum absolute atomic E-state index is 0.0938. The lowest BCUT2D eigenvalue weighted by molar-refractivity contribution is -0.167. The highest BCUT2D eigenvalue weighted by molar-refractivity contribution is 5.71. The molecule has 0 saturated carbocycles. The smallest absolute Gasteiger partial charge is 0.306 e. The number of ether oxygens (including phenoxy) is 3. The van der Waals surface area contributed by atoms with E-state index in [9.17, 15) is 14.4 Å². The quantitative estimate of drug-likeness (QED) is 0.0261. The maximum atomic E-state index is 12.9. The van der Waals surface area contributed by atoms with Crippen molar-refractivity contribution in [2.24, 2.45) is 0 Å². The van der Waals surface area contributed by atoms with Gasteiger partial charge in [0, 0.05) is 19.3 Å². The predicted molar refractivity (Wildman–Crippen MR) is 348 cm³/mol. The molecule has 0 rings (SSSR count). The van der Waals surface area contributed by atoms with Gasteiger partial charge in [0.05, 0.1) is 0 Å². The summed E-state index contributed by atoms with van der Waals surface area (Å²) in [6.45, 7) is 6.37. The number of carbonyl (C=O) groups excluding carboxylic acids is 3. The Morgan fingerprint density at radius 1 is 0.263 bits per heavy atom. The van der Waals surface area contributed by atoms with Crippen LogP contribution < -0.4 is 0 Å². The number of hydrogen-bond donors (Lipinski definition) is 0. The molecule has 0 aliphatic heterocycles. The third kappa shape index (κ3) is 64.1. The summed E-state index contributed by atoms with van der Waals surface area (Å²) in [6.07, 6.45) is 95.7. The molecule has 80 heavy (non-hydrogen) atoms. The maximum Gasteiger partial charge on any atom is 0.306 e. The van der Waals surface area contributed by atoms with Crippen molar-refractivity contribution in [1.82, 2.24) is 0 Å². The average Bonchev–Trinajstić information content (AvgIpc) is 3.46. The van der Waals surface area contributed by atoms with Gasteiger partial charge in [-0.25, -0.2) is 0 Å². The highest BCUT2D eigenvalue weighted by Gasteiger charge is 2.19. The minimum Gasteiger partial charge on any atom is -0.462 e. The number of rotatable bonds is 58. The molecule has 0 bridgehead atoms. The van der Waals surface area contributed by atoms with Gasteiger partial charge in [0.15, 0.2) is 6.10 Å². The first-order valence-electron chi connectivity index (χ1n) is 32.8. The van der Waals surface area contributed by atoms with Gasteiger partial charge in [-0.2, -0.15) is 0 Å². The highest BCUT2D eigenvalue weighted by Crippen LogP contribution is 2.15. The second-order valence-corrected chi connectivity index (χ2v) is 21.3. The van der Waals surface area contributed by atoms with E-state index in [1.165, 1.54) is 83.5 Å². The van der Waals surface area contributed by atoms with Gasteiger partial charge in [-0.15, -0.1) is 0 Å². The average molecular weight is 1110 g/mol. The second-order valence-electron chi connectivity index (χ2n) is 21.3. The Morgan fingerprint density at radius 3 is 0.775 bits per heavy atom. The molecular weight excluding hydrogens is 985 g/mol. The van der Waals surface area contributed by atoms with Crippen molar-refractivity contribution in [2.75, 3.05) is 13.2 Å². The van der Waals surface area contributed by atoms with Crippen molar-refractivity contribution in [3.05, 3.63) is 146 Å². The summed E-state index contributed by atoms with van der Waals surface area (Å²) in [7, 11) is 0. The zero-order valence-electron chi connectivity index (χ0n) is 51.8. The van der Waals surface area contributed by atoms with Crippen LogP contribution in [0.1, 0.15) is 284 Å². The topological polar surface area (TPSA) is 78.9 Å². The Balaban J connectivity index is 4.32. The van der Waals surface area contributed by atoms with E-state index < -0.39 is 6.10 Å². The summed E-state index contributed by atoms with van der Waals surface area (Å²) in [5.74, 6) is -0.922. The summed E-state index contributed by atoms with van der Waals surface area (Å²) >= 11 is 0. The molecule has 0 saturated heterocycles. The van der Waals surface area contributed by atoms with Gasteiger partial charge < -0.3 is 14.2 Å². The van der Waals surface area contributed by atoms with Crippen LogP contribution in [0.3, 0.4) is 0 Å². The summed E-state index contributed by atoms with van der Waals surface area (Å²) in [6, 6.07) is 0. The SMILES string of the molecule is CC/C=C\C/C=C\C/C=C\C/C=C\C/C=C\C/C=C\C/C=C\CCCCCCCCCCCC(=O)OCC(COC(=O)CCCCCCC/C=C\CCCCC)OC(=O)CCCCCCCC/C=C\C/C=C\C/C=C\C/C=C\CC. The van der Waals surface area contributed by atoms with Crippen LogP contribution in [0.5, 0.6) is 0 Å². The fourth-order valence-corrected chi connectivity index (χ4v) is 8.70. The van der Waals surface area contributed by atoms with Crippen molar-refractivity contribution >= 4 is 17.9 Å². The molecule has 0 radical (unpaired) electrons. The number of esters is 3. The van der Waals surface area contributed by atoms with E-state index in [2.05, 4.69) is 167 Å². The van der Waals surface area contributed by atoms with Crippen LogP contribution in [-0.4, -0.2) is 37.2 Å². The number of allylic oxidation sites excluding steroid dienone is 24. The molecule has 0 spiro atoms. The Morgan fingerprint density at radius 2 is 0.487 bits per heavy atom. The monoisotopic (exact) mass is 1100 g/mol. The number of hydrogen-bond acceptors (Lipinski definition) is 6. The molecule has 0 heterocycles. The van der Waals surface area contributed by atoms with E-state index in [4.69, 9.17) is 14.2 Å². The van der Waals surface area contributed by atoms with Crippen LogP contribution in [0.2, 0.25) is 0 Å². The molecule has 452 valence electrons. The molecule has 0 aromatic carbocycles. The third-order valence-electron chi connectivity index (χ3n) is 13.6. The summed E-state index contributed by atoms with van der Waals surface area (Å²) < 4.78 is 16.9. The molecule has 6 heteroatoms. The van der Waals surface area contributed by atoms with Crippen LogP contribution in [0.15, 0.2) is 146 Å². The normalized spacial score (nSPS) is 13.1. The zero-order valence-corrected chi connectivity index (χ0v) is 51.8. The van der Waals surface area contributed by atoms with Gasteiger partial charge in [0.25, 0.3) is 0 Å². The summed E-state index contributed by atoms with van der Waals surface area (Å²) in [4.78, 5) is 38.3. The Bertz CT molecular complexity index is 1750. The molecule has 0 amide bonds. The van der Waals surface area contributed by atoms with Crippen LogP contribution in [0.4, 0.5) is 0 Å². The van der Waals surface area contributed by atoms with Gasteiger partial charge >= 0.3 is 17.9 Å². The van der Waals surface area contributed by atoms with E-state index in [-0.39, 0.29) is 31.1 Å². The lowest BCUT2D eigenvalue weighted by Crippen LogP contribution is -2.30. The lowest BCUT2D eigenvalue weighted by atomic mass is 10.1. The van der Waals surface area contributed by atoms with E-state index in [1.807, 2.05) is 0 Å². The van der Waals surface area contributed by atoms with Crippen LogP contribution >= 0.6 is 0 Å². The first-order chi connectivity index (χ1) is 39.5. The fourth-order valence-electron chi connectivity index (χ4n) is 8.70. The molecule has 0 N–H and O–H groups in total. The van der Waals surface area contributed by atoms with Crippen LogP contribution in [-0.2, 0) is 28.6 Å². The highest BCUT2D eigenvalue weighted by atomic mass is 16.6. The molecule has 0 aliphatic carbocycles. The van der Waals surface area contributed by atoms with Crippen molar-refractivity contribution < 1.29 is 28.6 Å². The molecule has 0 aromatic rings. The maximum absolute atomic E-state index is 12.9. The van der Waals surface area contributed by atoms with Gasteiger partial charge in [-0.3, -0.25) is 14.4 Å². The fraction of sp³-hybridized carbons (Fsp3) is 0.635. The van der Waals surface area contributed by atoms with Gasteiger partial charge in [-0.05, 0) is 141 Å². The van der Waals surface area contributed by atoms with Crippen molar-refractivity contribution in [2.45, 2.75) is 290 Å². The van der Waals surface area contributed by atoms with Crippen LogP contribution in [0.25, 0.3) is 0 Å². The Kier molecular flexibility index (Phi) is 62.9. The van der Waals surface area contributed by atoms with E-state index >= 15 is 0 Å². The summed E-state index contributed by atoms with van der Waals surface area (Å²) in [5.41, 5.74) is 0. The van der Waals surface area contributed by atoms with Gasteiger partial charge in [-0.1, -0.05) is 269 Å². The summed E-state index contributed by atoms with van der Waals surface area (Å²) in [5, 5.41) is 0. The third-order valence-corrected chi connectivity index (χ3v) is 13.6. The van der Waals surface area contributed by atoms with Crippen molar-refractivity contribution in [3.63, 3.8) is 0 Å². The predicted octanol–water partition coefficient (Wildman–Crippen LogP) is 22.7. The Labute approximate surface area is 493 Å². The van der Waals surface area contributed by atoms with Crippen molar-refractivity contribution in [3.8, 4) is 0 Å². The van der Waals surface area contributed by atoms with Gasteiger partial charge in [0.2, 0.25) is 0 Å². The molecule has 0 aromatic heterocycles. The molecule has 1 atom stereocenters. The second kappa shape index (κ2) is 66.8. The lowest BCUT2D eigenvalue weighted by Gasteiger charge is -2.18. The standard InChI is InChI=1S/C74H120O6/c1-4-7-10-13-16-19-22-25-27-29-31-32-33-34-35-36-37-38-39-40-41-42-44-45-47-49-52-55-58-61-64-67-73(76)79-70-71(69-78-72(75)66-63-60-57-54-51-24-21-18-15-12-9-6-3)80-74(77)68-65-62-59-56-53-50-48-46-43-30-28-26-23-20-17-14-11-8-5-2/h7-8,10-11,16-21,25-28,31-32,34-35,37-38,40-41,43,46,71H,4-6,9,12-15,22-24,29-30,33,36,39,42,44-45,47-70H2,1-3H3/b10-7-,11-8-,19-16-,20-17-,21-18-,27-25-,28-26-,32-31-,35-34-,38-37-,41-40-,46-43-. The molecule has 0 fully saturated rings. The van der Waals surface area contributed by atoms with E-state index in [1.54, 1.807) is 0 Å². The van der Waals surface area contributed by atoms with E-state index in [0.29, 0.717) is 19.3 Å². The first-order valence-corrected chi connectivity index (χ1v) is 32.8. The van der Waals surface area contributed by atoms with Crippen molar-refractivity contribution in [1.29, 1.82) is 0 Å². The van der Waals surface area contributed by atoms with Gasteiger partial charge in [0.1, 0.15) is 13.2 Å². The van der Waals surface area contributed by atoms with E-state index in [0.717, 1.165) is 161 Å².